The lowest BCUT2D eigenvalue weighted by Crippen LogP contribution is -1.87. The largest absolute Gasteiger partial charge is 0.241 e. The van der Waals surface area contributed by atoms with Crippen LogP contribution in [0.2, 0.25) is 0 Å². The lowest BCUT2D eigenvalue weighted by molar-refractivity contribution is 0.602. The summed E-state index contributed by atoms with van der Waals surface area (Å²) in [7, 11) is 0. The predicted octanol–water partition coefficient (Wildman–Crippen LogP) is 3.97. The number of benzene rings is 1. The van der Waals surface area contributed by atoms with E-state index in [0.717, 1.165) is 17.1 Å². The highest BCUT2D eigenvalue weighted by Gasteiger charge is 2.27. The van der Waals surface area contributed by atoms with Gasteiger partial charge in [0.2, 0.25) is 0 Å². The summed E-state index contributed by atoms with van der Waals surface area (Å²) >= 11 is 1.53. The first-order chi connectivity index (χ1) is 7.74. The van der Waals surface area contributed by atoms with E-state index in [9.17, 15) is 8.78 Å². The average Bonchev–Trinajstić information content (AvgIpc) is 3.01. The van der Waals surface area contributed by atoms with Crippen LogP contribution in [-0.4, -0.2) is 4.98 Å². The molecule has 0 N–H and O–H groups in total. The number of hydrogen-bond donors (Lipinski definition) is 0. The lowest BCUT2D eigenvalue weighted by Gasteiger charge is -1.98. The number of thiazole rings is 1. The molecule has 4 heteroatoms. The Morgan fingerprint density at radius 3 is 2.81 bits per heavy atom. The van der Waals surface area contributed by atoms with Crippen molar-refractivity contribution in [2.24, 2.45) is 0 Å². The van der Waals surface area contributed by atoms with E-state index in [1.165, 1.54) is 30.2 Å². The van der Waals surface area contributed by atoms with Crippen LogP contribution in [0.1, 0.15) is 23.8 Å². The molecule has 0 aliphatic heterocycles. The van der Waals surface area contributed by atoms with E-state index in [1.54, 1.807) is 5.38 Å². The van der Waals surface area contributed by atoms with Crippen LogP contribution in [0.25, 0.3) is 11.3 Å². The van der Waals surface area contributed by atoms with Gasteiger partial charge < -0.3 is 0 Å². The van der Waals surface area contributed by atoms with Crippen LogP contribution in [0.5, 0.6) is 0 Å². The molecule has 0 atom stereocenters. The van der Waals surface area contributed by atoms with Gasteiger partial charge in [-0.1, -0.05) is 0 Å². The number of aromatic nitrogens is 1. The van der Waals surface area contributed by atoms with E-state index >= 15 is 0 Å². The lowest BCUT2D eigenvalue weighted by atomic mass is 10.1. The van der Waals surface area contributed by atoms with Gasteiger partial charge in [0.1, 0.15) is 11.6 Å². The minimum absolute atomic E-state index is 0.253. The maximum absolute atomic E-state index is 13.5. The highest BCUT2D eigenvalue weighted by molar-refractivity contribution is 7.10. The molecule has 1 aliphatic carbocycles. The van der Waals surface area contributed by atoms with Crippen molar-refractivity contribution in [2.75, 3.05) is 0 Å². The first-order valence-electron chi connectivity index (χ1n) is 5.15. The second-order valence-corrected chi connectivity index (χ2v) is 4.86. The molecule has 0 spiro atoms. The minimum atomic E-state index is -0.433. The molecule has 0 unspecified atom stereocenters. The number of nitrogens with zero attached hydrogens (tertiary/aromatic N) is 1. The summed E-state index contributed by atoms with van der Waals surface area (Å²) in [6, 6.07) is 3.45. The fourth-order valence-electron chi connectivity index (χ4n) is 1.62. The summed E-state index contributed by atoms with van der Waals surface area (Å²) in [6.07, 6.45) is 2.33. The summed E-state index contributed by atoms with van der Waals surface area (Å²) < 4.78 is 26.5. The maximum atomic E-state index is 13.5. The van der Waals surface area contributed by atoms with E-state index in [4.69, 9.17) is 0 Å². The van der Waals surface area contributed by atoms with Gasteiger partial charge in [-0.05, 0) is 31.0 Å². The average molecular weight is 237 g/mol. The predicted molar refractivity (Wildman–Crippen MR) is 59.4 cm³/mol. The van der Waals surface area contributed by atoms with Crippen molar-refractivity contribution in [3.8, 4) is 11.3 Å². The molecular formula is C12H9F2NS. The van der Waals surface area contributed by atoms with Gasteiger partial charge in [-0.2, -0.15) is 0 Å². The molecule has 82 valence electrons. The molecule has 16 heavy (non-hydrogen) atoms. The molecule has 1 nitrogen and oxygen atoms in total. The van der Waals surface area contributed by atoms with Gasteiger partial charge >= 0.3 is 0 Å². The van der Waals surface area contributed by atoms with Crippen LogP contribution in [0, 0.1) is 11.6 Å². The summed E-state index contributed by atoms with van der Waals surface area (Å²) in [5.74, 6) is -0.304. The molecule has 3 rings (SSSR count). The Kier molecular flexibility index (Phi) is 2.24. The number of hydrogen-bond acceptors (Lipinski definition) is 2. The summed E-state index contributed by atoms with van der Waals surface area (Å²) in [5, 5.41) is 2.84. The fourth-order valence-corrected chi connectivity index (χ4v) is 2.61. The van der Waals surface area contributed by atoms with Crippen molar-refractivity contribution in [2.45, 2.75) is 18.8 Å². The topological polar surface area (TPSA) is 12.9 Å². The van der Waals surface area contributed by atoms with E-state index in [2.05, 4.69) is 4.98 Å². The fraction of sp³-hybridized carbons (Fsp3) is 0.250. The minimum Gasteiger partial charge on any atom is -0.241 e. The van der Waals surface area contributed by atoms with Crippen molar-refractivity contribution in [1.29, 1.82) is 0 Å². The van der Waals surface area contributed by atoms with Crippen LogP contribution < -0.4 is 0 Å². The Morgan fingerprint density at radius 1 is 1.25 bits per heavy atom. The Hall–Kier alpha value is -1.29. The second kappa shape index (κ2) is 3.63. The Bertz CT molecular complexity index is 532. The summed E-state index contributed by atoms with van der Waals surface area (Å²) in [6.45, 7) is 0. The zero-order valence-electron chi connectivity index (χ0n) is 8.41. The molecule has 1 heterocycles. The van der Waals surface area contributed by atoms with Crippen LogP contribution in [0.3, 0.4) is 0 Å². The van der Waals surface area contributed by atoms with Gasteiger partial charge in [0, 0.05) is 16.9 Å². The summed E-state index contributed by atoms with van der Waals surface area (Å²) in [5.41, 5.74) is 0.798. The molecule has 0 amide bonds. The van der Waals surface area contributed by atoms with Crippen LogP contribution in [0.4, 0.5) is 8.78 Å². The third-order valence-electron chi connectivity index (χ3n) is 2.65. The molecule has 1 aromatic carbocycles. The zero-order valence-corrected chi connectivity index (χ0v) is 9.23. The molecule has 0 bridgehead atoms. The molecule has 1 fully saturated rings. The van der Waals surface area contributed by atoms with Crippen molar-refractivity contribution in [3.63, 3.8) is 0 Å². The highest BCUT2D eigenvalue weighted by Crippen LogP contribution is 2.42. The van der Waals surface area contributed by atoms with Crippen molar-refractivity contribution in [3.05, 3.63) is 40.2 Å². The van der Waals surface area contributed by atoms with Crippen LogP contribution >= 0.6 is 11.3 Å². The smallest absolute Gasteiger partial charge is 0.132 e. The third-order valence-corrected chi connectivity index (χ3v) is 3.66. The van der Waals surface area contributed by atoms with E-state index in [-0.39, 0.29) is 5.56 Å². The van der Waals surface area contributed by atoms with Crippen molar-refractivity contribution >= 4 is 11.3 Å². The van der Waals surface area contributed by atoms with E-state index in [1.807, 2.05) is 0 Å². The molecule has 1 aliphatic rings. The molecule has 2 aromatic rings. The normalized spacial score (nSPS) is 15.4. The molecule has 0 radical (unpaired) electrons. The van der Waals surface area contributed by atoms with Crippen LogP contribution in [-0.2, 0) is 0 Å². The van der Waals surface area contributed by atoms with E-state index in [0.29, 0.717) is 11.6 Å². The summed E-state index contributed by atoms with van der Waals surface area (Å²) in [4.78, 5) is 4.36. The first-order valence-corrected chi connectivity index (χ1v) is 6.03. The van der Waals surface area contributed by atoms with Gasteiger partial charge in [0.15, 0.2) is 0 Å². The number of rotatable bonds is 2. The first kappa shape index (κ1) is 9.90. The van der Waals surface area contributed by atoms with Gasteiger partial charge in [-0.3, -0.25) is 0 Å². The highest BCUT2D eigenvalue weighted by atomic mass is 32.1. The Labute approximate surface area is 95.8 Å². The van der Waals surface area contributed by atoms with E-state index < -0.39 is 11.6 Å². The van der Waals surface area contributed by atoms with Crippen molar-refractivity contribution in [1.82, 2.24) is 4.98 Å². The SMILES string of the molecule is Fc1ccc(F)c(-c2csc(C3CC3)n2)c1. The Balaban J connectivity index is 2.03. The van der Waals surface area contributed by atoms with Gasteiger partial charge in [-0.25, -0.2) is 13.8 Å². The standard InChI is InChI=1S/C12H9F2NS/c13-8-3-4-10(14)9(5-8)11-6-16-12(15-11)7-1-2-7/h3-7H,1-2H2. The molecule has 1 saturated carbocycles. The molecular weight excluding hydrogens is 228 g/mol. The molecule has 0 saturated heterocycles. The van der Waals surface area contributed by atoms with Gasteiger partial charge in [-0.15, -0.1) is 11.3 Å². The Morgan fingerprint density at radius 2 is 2.06 bits per heavy atom. The van der Waals surface area contributed by atoms with Crippen molar-refractivity contribution < 1.29 is 8.78 Å². The van der Waals surface area contributed by atoms with Gasteiger partial charge in [0.05, 0.1) is 10.7 Å². The van der Waals surface area contributed by atoms with Crippen LogP contribution in [0.15, 0.2) is 23.6 Å². The maximum Gasteiger partial charge on any atom is 0.132 e. The third kappa shape index (κ3) is 1.73. The molecule has 1 aromatic heterocycles. The van der Waals surface area contributed by atoms with Gasteiger partial charge in [0.25, 0.3) is 0 Å². The zero-order chi connectivity index (χ0) is 11.1. The number of halogens is 2. The monoisotopic (exact) mass is 237 g/mol. The second-order valence-electron chi connectivity index (χ2n) is 3.97. The quantitative estimate of drug-likeness (QED) is 0.770.